The summed E-state index contributed by atoms with van der Waals surface area (Å²) in [7, 11) is 1.73. The molecule has 4 heteroatoms. The predicted molar refractivity (Wildman–Crippen MR) is 71.2 cm³/mol. The van der Waals surface area contributed by atoms with Crippen LogP contribution in [-0.4, -0.2) is 31.3 Å². The lowest BCUT2D eigenvalue weighted by Gasteiger charge is -2.28. The van der Waals surface area contributed by atoms with Gasteiger partial charge in [-0.1, -0.05) is 22.0 Å². The standard InChI is InChI=1S/C12H19BrN2O/c1-4-15(10(2)9-16-3)12-6-5-11(7-13)8-14-12/h5-6,8,10H,4,7,9H2,1-3H3. The quantitative estimate of drug-likeness (QED) is 0.752. The van der Waals surface area contributed by atoms with E-state index in [0.29, 0.717) is 6.04 Å². The molecule has 0 bridgehead atoms. The van der Waals surface area contributed by atoms with Crippen LogP contribution >= 0.6 is 15.9 Å². The van der Waals surface area contributed by atoms with Crippen LogP contribution < -0.4 is 4.90 Å². The molecule has 0 radical (unpaired) electrons. The number of alkyl halides is 1. The van der Waals surface area contributed by atoms with Crippen LogP contribution in [0.1, 0.15) is 19.4 Å². The van der Waals surface area contributed by atoms with Crippen molar-refractivity contribution < 1.29 is 4.74 Å². The first-order chi connectivity index (χ1) is 7.72. The maximum absolute atomic E-state index is 5.18. The zero-order valence-electron chi connectivity index (χ0n) is 10.1. The molecule has 1 unspecified atom stereocenters. The molecule has 3 nitrogen and oxygen atoms in total. The molecular formula is C12H19BrN2O. The lowest BCUT2D eigenvalue weighted by Crippen LogP contribution is -2.36. The smallest absolute Gasteiger partial charge is 0.128 e. The van der Waals surface area contributed by atoms with Gasteiger partial charge in [-0.25, -0.2) is 4.98 Å². The molecule has 0 aliphatic carbocycles. The highest BCUT2D eigenvalue weighted by molar-refractivity contribution is 9.08. The van der Waals surface area contributed by atoms with Crippen molar-refractivity contribution in [3.05, 3.63) is 23.9 Å². The molecule has 16 heavy (non-hydrogen) atoms. The van der Waals surface area contributed by atoms with Gasteiger partial charge in [-0.05, 0) is 25.5 Å². The Hall–Kier alpha value is -0.610. The summed E-state index contributed by atoms with van der Waals surface area (Å²) in [6.07, 6.45) is 1.91. The maximum atomic E-state index is 5.18. The Balaban J connectivity index is 2.78. The minimum absolute atomic E-state index is 0.345. The highest BCUT2D eigenvalue weighted by atomic mass is 79.9. The number of likely N-dealkylation sites (N-methyl/N-ethyl adjacent to an activating group) is 1. The van der Waals surface area contributed by atoms with Gasteiger partial charge in [0.2, 0.25) is 0 Å². The largest absolute Gasteiger partial charge is 0.383 e. The van der Waals surface area contributed by atoms with Crippen molar-refractivity contribution in [1.29, 1.82) is 0 Å². The molecule has 1 aromatic heterocycles. The number of hydrogen-bond donors (Lipinski definition) is 0. The molecule has 0 saturated carbocycles. The van der Waals surface area contributed by atoms with Crippen LogP contribution in [0.3, 0.4) is 0 Å². The third-order valence-corrected chi connectivity index (χ3v) is 3.19. The van der Waals surface area contributed by atoms with Crippen molar-refractivity contribution in [2.24, 2.45) is 0 Å². The number of methoxy groups -OCH3 is 1. The number of rotatable bonds is 6. The molecule has 0 saturated heterocycles. The lowest BCUT2D eigenvalue weighted by atomic mass is 10.2. The Morgan fingerprint density at radius 3 is 2.69 bits per heavy atom. The highest BCUT2D eigenvalue weighted by Crippen LogP contribution is 2.15. The fraction of sp³-hybridized carbons (Fsp3) is 0.583. The van der Waals surface area contributed by atoms with Crippen LogP contribution in [-0.2, 0) is 10.1 Å². The summed E-state index contributed by atoms with van der Waals surface area (Å²) in [5, 5.41) is 0.847. The molecule has 1 rings (SSSR count). The summed E-state index contributed by atoms with van der Waals surface area (Å²) >= 11 is 3.42. The topological polar surface area (TPSA) is 25.4 Å². The van der Waals surface area contributed by atoms with Gasteiger partial charge in [0.05, 0.1) is 12.6 Å². The van der Waals surface area contributed by atoms with Gasteiger partial charge in [0.15, 0.2) is 0 Å². The van der Waals surface area contributed by atoms with Crippen LogP contribution in [0.2, 0.25) is 0 Å². The number of aromatic nitrogens is 1. The second-order valence-corrected chi connectivity index (χ2v) is 4.31. The third kappa shape index (κ3) is 3.46. The van der Waals surface area contributed by atoms with Gasteiger partial charge in [-0.2, -0.15) is 0 Å². The average Bonchev–Trinajstić information content (AvgIpc) is 2.31. The second kappa shape index (κ2) is 6.86. The summed E-state index contributed by atoms with van der Waals surface area (Å²) in [5.74, 6) is 1.01. The molecule has 0 aliphatic rings. The zero-order valence-corrected chi connectivity index (χ0v) is 11.7. The van der Waals surface area contributed by atoms with Crippen LogP contribution in [0.5, 0.6) is 0 Å². The summed E-state index contributed by atoms with van der Waals surface area (Å²) < 4.78 is 5.18. The van der Waals surface area contributed by atoms with E-state index in [0.717, 1.165) is 24.3 Å². The zero-order chi connectivity index (χ0) is 12.0. The Morgan fingerprint density at radius 1 is 1.50 bits per heavy atom. The summed E-state index contributed by atoms with van der Waals surface area (Å²) in [5.41, 5.74) is 1.19. The molecule has 0 aromatic carbocycles. The molecular weight excluding hydrogens is 268 g/mol. The van der Waals surface area contributed by atoms with Crippen LogP contribution in [0.15, 0.2) is 18.3 Å². The number of halogens is 1. The monoisotopic (exact) mass is 286 g/mol. The number of hydrogen-bond acceptors (Lipinski definition) is 3. The molecule has 1 aromatic rings. The summed E-state index contributed by atoms with van der Waals surface area (Å²) in [4.78, 5) is 6.70. The molecule has 0 spiro atoms. The van der Waals surface area contributed by atoms with E-state index in [1.54, 1.807) is 7.11 Å². The molecule has 90 valence electrons. The van der Waals surface area contributed by atoms with Crippen molar-refractivity contribution in [3.8, 4) is 0 Å². The van der Waals surface area contributed by atoms with Crippen molar-refractivity contribution in [1.82, 2.24) is 4.98 Å². The van der Waals surface area contributed by atoms with E-state index >= 15 is 0 Å². The molecule has 0 fully saturated rings. The summed E-state index contributed by atoms with van der Waals surface area (Å²) in [6, 6.07) is 4.50. The number of anilines is 1. The first-order valence-electron chi connectivity index (χ1n) is 5.49. The van der Waals surface area contributed by atoms with E-state index in [1.807, 2.05) is 6.20 Å². The van der Waals surface area contributed by atoms with Crippen molar-refractivity contribution in [2.75, 3.05) is 25.2 Å². The van der Waals surface area contributed by atoms with Gasteiger partial charge in [0.1, 0.15) is 5.82 Å². The van der Waals surface area contributed by atoms with E-state index in [2.05, 4.69) is 51.8 Å². The lowest BCUT2D eigenvalue weighted by molar-refractivity contribution is 0.181. The Labute approximate surface area is 106 Å². The van der Waals surface area contributed by atoms with Crippen LogP contribution in [0, 0.1) is 0 Å². The van der Waals surface area contributed by atoms with Gasteiger partial charge in [-0.15, -0.1) is 0 Å². The van der Waals surface area contributed by atoms with Crippen LogP contribution in [0.25, 0.3) is 0 Å². The molecule has 0 amide bonds. The first kappa shape index (κ1) is 13.5. The van der Waals surface area contributed by atoms with E-state index in [-0.39, 0.29) is 0 Å². The van der Waals surface area contributed by atoms with Gasteiger partial charge < -0.3 is 9.64 Å². The predicted octanol–water partition coefficient (Wildman–Crippen LogP) is 2.84. The van der Waals surface area contributed by atoms with Gasteiger partial charge in [0, 0.05) is 25.2 Å². The van der Waals surface area contributed by atoms with Crippen LogP contribution in [0.4, 0.5) is 5.82 Å². The van der Waals surface area contributed by atoms with Crippen molar-refractivity contribution >= 4 is 21.7 Å². The molecule has 1 heterocycles. The van der Waals surface area contributed by atoms with Crippen molar-refractivity contribution in [3.63, 3.8) is 0 Å². The Morgan fingerprint density at radius 2 is 2.25 bits per heavy atom. The van der Waals surface area contributed by atoms with E-state index in [1.165, 1.54) is 5.56 Å². The number of ether oxygens (including phenoxy) is 1. The summed E-state index contributed by atoms with van der Waals surface area (Å²) in [6.45, 7) is 5.93. The fourth-order valence-electron chi connectivity index (χ4n) is 1.70. The second-order valence-electron chi connectivity index (χ2n) is 3.75. The van der Waals surface area contributed by atoms with Gasteiger partial charge in [-0.3, -0.25) is 0 Å². The maximum Gasteiger partial charge on any atom is 0.128 e. The fourth-order valence-corrected chi connectivity index (χ4v) is 2.03. The van der Waals surface area contributed by atoms with E-state index in [9.17, 15) is 0 Å². The van der Waals surface area contributed by atoms with Gasteiger partial charge >= 0.3 is 0 Å². The normalized spacial score (nSPS) is 12.5. The average molecular weight is 287 g/mol. The SMILES string of the molecule is CCN(c1ccc(CBr)cn1)C(C)COC. The molecule has 0 aliphatic heterocycles. The Bertz CT molecular complexity index is 302. The first-order valence-corrected chi connectivity index (χ1v) is 6.61. The van der Waals surface area contributed by atoms with Crippen molar-refractivity contribution in [2.45, 2.75) is 25.2 Å². The van der Waals surface area contributed by atoms with Gasteiger partial charge in [0.25, 0.3) is 0 Å². The number of nitrogens with zero attached hydrogens (tertiary/aromatic N) is 2. The molecule has 1 atom stereocenters. The minimum Gasteiger partial charge on any atom is -0.383 e. The highest BCUT2D eigenvalue weighted by Gasteiger charge is 2.13. The minimum atomic E-state index is 0.345. The molecule has 0 N–H and O–H groups in total. The van der Waals surface area contributed by atoms with E-state index < -0.39 is 0 Å². The number of pyridine rings is 1. The Kier molecular flexibility index (Phi) is 5.77. The van der Waals surface area contributed by atoms with E-state index in [4.69, 9.17) is 4.74 Å². The third-order valence-electron chi connectivity index (χ3n) is 2.54.